The summed E-state index contributed by atoms with van der Waals surface area (Å²) in [6.07, 6.45) is 2.92. The van der Waals surface area contributed by atoms with Gasteiger partial charge in [0.05, 0.1) is 0 Å². The summed E-state index contributed by atoms with van der Waals surface area (Å²) in [6.45, 7) is 0. The fourth-order valence-electron chi connectivity index (χ4n) is 1.99. The number of phenols is 1. The monoisotopic (exact) mass is 249 g/mol. The quantitative estimate of drug-likeness (QED) is 0.758. The molecule has 0 aliphatic rings. The normalized spacial score (nSPS) is 10.3. The molecule has 3 aromatic rings. The predicted molar refractivity (Wildman–Crippen MR) is 72.4 cm³/mol. The van der Waals surface area contributed by atoms with E-state index in [1.807, 2.05) is 36.4 Å². The van der Waals surface area contributed by atoms with Gasteiger partial charge >= 0.3 is 0 Å². The van der Waals surface area contributed by atoms with Gasteiger partial charge in [0, 0.05) is 11.1 Å². The van der Waals surface area contributed by atoms with Crippen molar-refractivity contribution in [2.45, 2.75) is 0 Å². The van der Waals surface area contributed by atoms with Crippen LogP contribution in [0.2, 0.25) is 0 Å². The Labute approximate surface area is 110 Å². The van der Waals surface area contributed by atoms with Crippen molar-refractivity contribution in [1.82, 2.24) is 15.0 Å². The van der Waals surface area contributed by atoms with E-state index in [0.717, 1.165) is 16.7 Å². The van der Waals surface area contributed by atoms with Gasteiger partial charge in [-0.3, -0.25) is 0 Å². The van der Waals surface area contributed by atoms with Crippen molar-refractivity contribution in [3.63, 3.8) is 0 Å². The van der Waals surface area contributed by atoms with Crippen LogP contribution in [0.4, 0.5) is 0 Å². The third kappa shape index (κ3) is 2.15. The molecule has 4 heteroatoms. The highest BCUT2D eigenvalue weighted by molar-refractivity contribution is 5.83. The zero-order chi connectivity index (χ0) is 13.1. The van der Waals surface area contributed by atoms with Crippen LogP contribution >= 0.6 is 0 Å². The zero-order valence-electron chi connectivity index (χ0n) is 10.1. The number of benzene rings is 2. The molecule has 1 heterocycles. The van der Waals surface area contributed by atoms with Gasteiger partial charge in [0.1, 0.15) is 18.4 Å². The minimum atomic E-state index is 0.240. The molecular formula is C15H11N3O. The minimum Gasteiger partial charge on any atom is -0.507 e. The number of aromatic nitrogens is 3. The summed E-state index contributed by atoms with van der Waals surface area (Å²) >= 11 is 0. The molecule has 0 amide bonds. The van der Waals surface area contributed by atoms with E-state index in [-0.39, 0.29) is 5.75 Å². The first kappa shape index (κ1) is 11.3. The molecule has 1 N–H and O–H groups in total. The topological polar surface area (TPSA) is 58.9 Å². The Morgan fingerprint density at radius 2 is 1.26 bits per heavy atom. The molecule has 92 valence electrons. The number of aromatic hydroxyl groups is 1. The van der Waals surface area contributed by atoms with Gasteiger partial charge < -0.3 is 5.11 Å². The number of rotatable bonds is 2. The molecule has 0 aliphatic carbocycles. The van der Waals surface area contributed by atoms with Crippen LogP contribution in [-0.4, -0.2) is 20.1 Å². The Balaban J connectivity index is 2.21. The lowest BCUT2D eigenvalue weighted by Gasteiger charge is -2.09. The van der Waals surface area contributed by atoms with Crippen LogP contribution in [0.1, 0.15) is 0 Å². The molecule has 0 saturated heterocycles. The largest absolute Gasteiger partial charge is 0.507 e. The molecule has 2 aromatic carbocycles. The lowest BCUT2D eigenvalue weighted by molar-refractivity contribution is 0.477. The van der Waals surface area contributed by atoms with E-state index in [0.29, 0.717) is 5.82 Å². The van der Waals surface area contributed by atoms with Crippen molar-refractivity contribution in [1.29, 1.82) is 0 Å². The van der Waals surface area contributed by atoms with Gasteiger partial charge in [0.2, 0.25) is 0 Å². The van der Waals surface area contributed by atoms with Crippen LogP contribution in [-0.2, 0) is 0 Å². The summed E-state index contributed by atoms with van der Waals surface area (Å²) in [4.78, 5) is 12.1. The van der Waals surface area contributed by atoms with E-state index in [1.165, 1.54) is 12.7 Å². The average molecular weight is 249 g/mol. The zero-order valence-corrected chi connectivity index (χ0v) is 10.1. The molecule has 0 fully saturated rings. The fourth-order valence-corrected chi connectivity index (χ4v) is 1.99. The van der Waals surface area contributed by atoms with Crippen LogP contribution in [0.3, 0.4) is 0 Å². The van der Waals surface area contributed by atoms with Crippen molar-refractivity contribution < 1.29 is 5.11 Å². The Bertz CT molecular complexity index is 699. The third-order valence-electron chi connectivity index (χ3n) is 2.86. The minimum absolute atomic E-state index is 0.240. The first-order chi connectivity index (χ1) is 9.36. The number of hydrogen-bond donors (Lipinski definition) is 1. The van der Waals surface area contributed by atoms with Crippen LogP contribution < -0.4 is 0 Å². The van der Waals surface area contributed by atoms with E-state index < -0.39 is 0 Å². The summed E-state index contributed by atoms with van der Waals surface area (Å²) in [5.74, 6) is 0.831. The second kappa shape index (κ2) is 4.86. The number of hydrogen-bond acceptors (Lipinski definition) is 4. The first-order valence-corrected chi connectivity index (χ1v) is 5.86. The molecule has 0 unspecified atom stereocenters. The van der Waals surface area contributed by atoms with Crippen molar-refractivity contribution in [2.24, 2.45) is 0 Å². The molecule has 0 aliphatic heterocycles. The van der Waals surface area contributed by atoms with Gasteiger partial charge in [-0.15, -0.1) is 0 Å². The van der Waals surface area contributed by atoms with Crippen LogP contribution in [0.25, 0.3) is 22.5 Å². The second-order valence-electron chi connectivity index (χ2n) is 4.02. The lowest BCUT2D eigenvalue weighted by atomic mass is 9.98. The first-order valence-electron chi connectivity index (χ1n) is 5.86. The van der Waals surface area contributed by atoms with E-state index in [4.69, 9.17) is 0 Å². The number of para-hydroxylation sites is 1. The van der Waals surface area contributed by atoms with Gasteiger partial charge in [0.25, 0.3) is 0 Å². The number of nitrogens with zero attached hydrogens (tertiary/aromatic N) is 3. The van der Waals surface area contributed by atoms with Gasteiger partial charge in [-0.2, -0.15) is 0 Å². The van der Waals surface area contributed by atoms with Crippen LogP contribution in [0.15, 0.2) is 61.2 Å². The molecular weight excluding hydrogens is 238 g/mol. The predicted octanol–water partition coefficient (Wildman–Crippen LogP) is 2.91. The third-order valence-corrected chi connectivity index (χ3v) is 2.86. The van der Waals surface area contributed by atoms with Crippen molar-refractivity contribution >= 4 is 0 Å². The molecule has 4 nitrogen and oxygen atoms in total. The summed E-state index contributed by atoms with van der Waals surface area (Å²) in [5.41, 5.74) is 2.52. The van der Waals surface area contributed by atoms with Gasteiger partial charge in [-0.05, 0) is 11.6 Å². The maximum atomic E-state index is 9.98. The Kier molecular flexibility index (Phi) is 2.90. The summed E-state index contributed by atoms with van der Waals surface area (Å²) < 4.78 is 0. The Morgan fingerprint density at radius 3 is 1.95 bits per heavy atom. The van der Waals surface area contributed by atoms with E-state index in [1.54, 1.807) is 12.1 Å². The fraction of sp³-hybridized carbons (Fsp3) is 0. The smallest absolute Gasteiger partial charge is 0.163 e. The number of phenolic OH excluding ortho intramolecular Hbond substituents is 1. The highest BCUT2D eigenvalue weighted by Crippen LogP contribution is 2.34. The average Bonchev–Trinajstić information content (AvgIpc) is 2.49. The second-order valence-corrected chi connectivity index (χ2v) is 4.02. The molecule has 0 saturated carbocycles. The molecule has 19 heavy (non-hydrogen) atoms. The van der Waals surface area contributed by atoms with Crippen molar-refractivity contribution in [3.8, 4) is 28.3 Å². The standard InChI is InChI=1S/C15H11N3O/c19-14-8-4-3-6-12(14)11-5-1-2-7-13(11)15-17-9-16-10-18-15/h1-10,19H. The SMILES string of the molecule is Oc1ccccc1-c1ccccc1-c1ncncn1. The highest BCUT2D eigenvalue weighted by Gasteiger charge is 2.11. The highest BCUT2D eigenvalue weighted by atomic mass is 16.3. The van der Waals surface area contributed by atoms with E-state index in [2.05, 4.69) is 15.0 Å². The van der Waals surface area contributed by atoms with Gasteiger partial charge in [-0.1, -0.05) is 42.5 Å². The molecule has 1 aromatic heterocycles. The summed E-state index contributed by atoms with van der Waals surface area (Å²) in [6, 6.07) is 14.9. The van der Waals surface area contributed by atoms with Crippen molar-refractivity contribution in [2.75, 3.05) is 0 Å². The molecule has 0 atom stereocenters. The molecule has 0 spiro atoms. The van der Waals surface area contributed by atoms with Gasteiger partial charge in [-0.25, -0.2) is 15.0 Å². The molecule has 3 rings (SSSR count). The summed E-state index contributed by atoms with van der Waals surface area (Å²) in [5, 5.41) is 9.98. The van der Waals surface area contributed by atoms with Crippen LogP contribution in [0, 0.1) is 0 Å². The lowest BCUT2D eigenvalue weighted by Crippen LogP contribution is -1.92. The van der Waals surface area contributed by atoms with Crippen LogP contribution in [0.5, 0.6) is 5.75 Å². The van der Waals surface area contributed by atoms with E-state index in [9.17, 15) is 5.11 Å². The molecule has 0 bridgehead atoms. The van der Waals surface area contributed by atoms with Gasteiger partial charge in [0.15, 0.2) is 5.82 Å². The maximum absolute atomic E-state index is 9.98. The Hall–Kier alpha value is -2.75. The summed E-state index contributed by atoms with van der Waals surface area (Å²) in [7, 11) is 0. The van der Waals surface area contributed by atoms with E-state index >= 15 is 0 Å². The Morgan fingerprint density at radius 1 is 0.684 bits per heavy atom. The molecule has 0 radical (unpaired) electrons. The maximum Gasteiger partial charge on any atom is 0.163 e. The van der Waals surface area contributed by atoms with Crippen molar-refractivity contribution in [3.05, 3.63) is 61.2 Å².